The lowest BCUT2D eigenvalue weighted by Crippen LogP contribution is -2.43. The molecule has 0 radical (unpaired) electrons. The predicted octanol–water partition coefficient (Wildman–Crippen LogP) is 3.44. The first-order chi connectivity index (χ1) is 10.6. The van der Waals surface area contributed by atoms with Gasteiger partial charge in [0.15, 0.2) is 0 Å². The van der Waals surface area contributed by atoms with Crippen LogP contribution >= 0.6 is 24.0 Å². The molecule has 0 fully saturated rings. The predicted molar refractivity (Wildman–Crippen MR) is 96.0 cm³/mol. The fraction of sp³-hybridized carbons (Fsp3) is 0.278. The fourth-order valence-electron chi connectivity index (χ4n) is 2.98. The number of hydrogen-bond acceptors (Lipinski definition) is 2. The minimum atomic E-state index is -0.529. The quantitative estimate of drug-likeness (QED) is 0.887. The Balaban J connectivity index is 0.00000192. The number of aryl methyl sites for hydroxylation is 1. The molecular formula is C18H20Cl2N2O. The molecule has 0 heterocycles. The number of amides is 1. The van der Waals surface area contributed by atoms with E-state index < -0.39 is 6.04 Å². The van der Waals surface area contributed by atoms with Gasteiger partial charge < -0.3 is 11.1 Å². The molecular weight excluding hydrogens is 331 g/mol. The first-order valence-corrected chi connectivity index (χ1v) is 7.89. The minimum Gasteiger partial charge on any atom is -0.348 e. The van der Waals surface area contributed by atoms with Crippen LogP contribution in [0.1, 0.15) is 29.2 Å². The molecule has 0 spiro atoms. The van der Waals surface area contributed by atoms with Crippen LogP contribution in [0.5, 0.6) is 0 Å². The Labute approximate surface area is 147 Å². The summed E-state index contributed by atoms with van der Waals surface area (Å²) in [4.78, 5) is 12.3. The normalized spacial score (nSPS) is 17.0. The third-order valence-corrected chi connectivity index (χ3v) is 4.37. The zero-order valence-corrected chi connectivity index (χ0v) is 14.2. The van der Waals surface area contributed by atoms with Crippen LogP contribution in [0.25, 0.3) is 0 Å². The molecule has 3 nitrogen and oxygen atoms in total. The van der Waals surface area contributed by atoms with Gasteiger partial charge >= 0.3 is 0 Å². The number of benzene rings is 2. The topological polar surface area (TPSA) is 55.1 Å². The molecule has 5 heteroatoms. The highest BCUT2D eigenvalue weighted by molar-refractivity contribution is 6.30. The molecule has 1 unspecified atom stereocenters. The van der Waals surface area contributed by atoms with Gasteiger partial charge in [-0.05, 0) is 48.1 Å². The Morgan fingerprint density at radius 1 is 1.26 bits per heavy atom. The van der Waals surface area contributed by atoms with Crippen molar-refractivity contribution in [1.82, 2.24) is 5.32 Å². The van der Waals surface area contributed by atoms with Crippen molar-refractivity contribution in [2.75, 3.05) is 0 Å². The summed E-state index contributed by atoms with van der Waals surface area (Å²) in [7, 11) is 0. The third-order valence-electron chi connectivity index (χ3n) is 4.13. The first kappa shape index (κ1) is 17.8. The highest BCUT2D eigenvalue weighted by Crippen LogP contribution is 2.32. The highest BCUT2D eigenvalue weighted by Gasteiger charge is 2.25. The van der Waals surface area contributed by atoms with Gasteiger partial charge in [-0.1, -0.05) is 48.0 Å². The minimum absolute atomic E-state index is 0. The second-order valence-electron chi connectivity index (χ2n) is 5.74. The molecule has 0 aromatic heterocycles. The maximum atomic E-state index is 12.3. The molecule has 122 valence electrons. The van der Waals surface area contributed by atoms with Crippen molar-refractivity contribution in [2.45, 2.75) is 31.3 Å². The summed E-state index contributed by atoms with van der Waals surface area (Å²) in [6.07, 6.45) is 2.39. The van der Waals surface area contributed by atoms with Crippen molar-refractivity contribution in [3.8, 4) is 0 Å². The smallest absolute Gasteiger partial charge is 0.237 e. The van der Waals surface area contributed by atoms with Crippen molar-refractivity contribution in [2.24, 2.45) is 5.73 Å². The van der Waals surface area contributed by atoms with Crippen LogP contribution in [0.2, 0.25) is 5.02 Å². The Morgan fingerprint density at radius 2 is 2.00 bits per heavy atom. The molecule has 1 amide bonds. The lowest BCUT2D eigenvalue weighted by molar-refractivity contribution is -0.123. The summed E-state index contributed by atoms with van der Waals surface area (Å²) in [6.45, 7) is 0. The van der Waals surface area contributed by atoms with Crippen molar-refractivity contribution >= 4 is 29.9 Å². The van der Waals surface area contributed by atoms with E-state index in [1.54, 1.807) is 0 Å². The fourth-order valence-corrected chi connectivity index (χ4v) is 3.17. The van der Waals surface area contributed by atoms with E-state index in [4.69, 9.17) is 17.3 Å². The van der Waals surface area contributed by atoms with Gasteiger partial charge in [0.1, 0.15) is 0 Å². The number of fused-ring (bicyclic) bond motifs is 1. The van der Waals surface area contributed by atoms with Crippen molar-refractivity contribution in [3.05, 3.63) is 70.2 Å². The van der Waals surface area contributed by atoms with Gasteiger partial charge in [-0.2, -0.15) is 0 Å². The van der Waals surface area contributed by atoms with Gasteiger partial charge in [0, 0.05) is 5.02 Å². The Bertz CT molecular complexity index is 676. The van der Waals surface area contributed by atoms with Gasteiger partial charge in [0.2, 0.25) is 5.91 Å². The van der Waals surface area contributed by atoms with Gasteiger partial charge in [0.05, 0.1) is 12.1 Å². The molecule has 0 saturated heterocycles. The Kier molecular flexibility index (Phi) is 6.05. The third kappa shape index (κ3) is 4.25. The number of hydrogen-bond donors (Lipinski definition) is 2. The lowest BCUT2D eigenvalue weighted by Gasteiger charge is -2.18. The molecule has 2 aromatic carbocycles. The summed E-state index contributed by atoms with van der Waals surface area (Å²) >= 11 is 6.01. The molecule has 3 rings (SSSR count). The molecule has 0 aliphatic heterocycles. The number of rotatable bonds is 4. The molecule has 2 aromatic rings. The zero-order valence-electron chi connectivity index (χ0n) is 12.7. The molecule has 0 bridgehead atoms. The maximum Gasteiger partial charge on any atom is 0.237 e. The summed E-state index contributed by atoms with van der Waals surface area (Å²) < 4.78 is 0. The summed E-state index contributed by atoms with van der Waals surface area (Å²) in [6, 6.07) is 15.2. The van der Waals surface area contributed by atoms with Crippen LogP contribution in [-0.2, 0) is 17.6 Å². The molecule has 3 N–H and O–H groups in total. The summed E-state index contributed by atoms with van der Waals surface area (Å²) in [5, 5.41) is 3.81. The van der Waals surface area contributed by atoms with Crippen LogP contribution in [0.15, 0.2) is 48.5 Å². The van der Waals surface area contributed by atoms with E-state index in [0.29, 0.717) is 6.42 Å². The van der Waals surface area contributed by atoms with E-state index in [1.165, 1.54) is 5.56 Å². The van der Waals surface area contributed by atoms with Crippen molar-refractivity contribution in [3.63, 3.8) is 0 Å². The Morgan fingerprint density at radius 3 is 2.74 bits per heavy atom. The van der Waals surface area contributed by atoms with Gasteiger partial charge in [-0.15, -0.1) is 12.4 Å². The van der Waals surface area contributed by atoms with Crippen molar-refractivity contribution in [1.29, 1.82) is 0 Å². The number of carbonyl (C=O) groups is 1. The summed E-state index contributed by atoms with van der Waals surface area (Å²) in [5.74, 6) is -0.100. The monoisotopic (exact) mass is 350 g/mol. The van der Waals surface area contributed by atoms with Crippen LogP contribution in [0, 0.1) is 0 Å². The van der Waals surface area contributed by atoms with Crippen LogP contribution in [0.4, 0.5) is 0 Å². The summed E-state index contributed by atoms with van der Waals surface area (Å²) in [5.41, 5.74) is 9.49. The van der Waals surface area contributed by atoms with Gasteiger partial charge in [-0.25, -0.2) is 0 Å². The molecule has 1 aliphatic carbocycles. The SMILES string of the molecule is Cl.N[C@@H](Cc1ccccc1)C(=O)NC1CCc2cc(Cl)ccc21. The standard InChI is InChI=1S/C18H19ClN2O.ClH/c19-14-7-8-15-13(11-14)6-9-17(15)21-18(22)16(20)10-12-4-2-1-3-5-12;/h1-5,7-8,11,16-17H,6,9-10,20H2,(H,21,22);1H/t16-,17?;/m0./s1. The number of nitrogens with two attached hydrogens (primary N) is 1. The Hall–Kier alpha value is -1.55. The second-order valence-corrected chi connectivity index (χ2v) is 6.18. The van der Waals surface area contributed by atoms with Gasteiger partial charge in [-0.3, -0.25) is 4.79 Å². The molecule has 23 heavy (non-hydrogen) atoms. The number of nitrogens with one attached hydrogen (secondary N) is 1. The van der Waals surface area contributed by atoms with Crippen molar-refractivity contribution < 1.29 is 4.79 Å². The second kappa shape index (κ2) is 7.82. The van der Waals surface area contributed by atoms with E-state index in [9.17, 15) is 4.79 Å². The van der Waals surface area contributed by atoms with E-state index in [-0.39, 0.29) is 24.4 Å². The van der Waals surface area contributed by atoms with E-state index >= 15 is 0 Å². The average Bonchev–Trinajstić information content (AvgIpc) is 2.90. The number of halogens is 2. The van der Waals surface area contributed by atoms with Crippen LogP contribution in [0.3, 0.4) is 0 Å². The van der Waals surface area contributed by atoms with Crippen LogP contribution in [-0.4, -0.2) is 11.9 Å². The van der Waals surface area contributed by atoms with E-state index in [0.717, 1.165) is 29.0 Å². The first-order valence-electron chi connectivity index (χ1n) is 7.51. The van der Waals surface area contributed by atoms with Gasteiger partial charge in [0.25, 0.3) is 0 Å². The van der Waals surface area contributed by atoms with E-state index in [2.05, 4.69) is 5.32 Å². The van der Waals surface area contributed by atoms with E-state index in [1.807, 2.05) is 48.5 Å². The van der Waals surface area contributed by atoms with Crippen LogP contribution < -0.4 is 11.1 Å². The number of carbonyl (C=O) groups excluding carboxylic acids is 1. The zero-order chi connectivity index (χ0) is 15.5. The maximum absolute atomic E-state index is 12.3. The molecule has 2 atom stereocenters. The largest absolute Gasteiger partial charge is 0.348 e. The highest BCUT2D eigenvalue weighted by atomic mass is 35.5. The average molecular weight is 351 g/mol. The molecule has 1 aliphatic rings. The lowest BCUT2D eigenvalue weighted by atomic mass is 10.0. The molecule has 0 saturated carbocycles.